The molecule has 0 atom stereocenters. The van der Waals surface area contributed by atoms with Crippen LogP contribution in [0, 0.1) is 0 Å². The second kappa shape index (κ2) is 8.64. The van der Waals surface area contributed by atoms with Crippen molar-refractivity contribution in [2.24, 2.45) is 0 Å². The van der Waals surface area contributed by atoms with Crippen molar-refractivity contribution in [1.29, 1.82) is 0 Å². The van der Waals surface area contributed by atoms with Crippen molar-refractivity contribution < 1.29 is 53.7 Å². The van der Waals surface area contributed by atoms with Gasteiger partial charge in [-0.25, -0.2) is 0 Å². The van der Waals surface area contributed by atoms with Crippen LogP contribution in [0.15, 0.2) is 18.2 Å². The fourth-order valence-corrected chi connectivity index (χ4v) is 2.28. The Morgan fingerprint density at radius 2 is 1.46 bits per heavy atom. The number of carbonyl (C=O) groups is 2. The van der Waals surface area contributed by atoms with Crippen LogP contribution in [0.1, 0.15) is 26.5 Å². The first kappa shape index (κ1) is 20.7. The Hall–Kier alpha value is -1.38. The van der Waals surface area contributed by atoms with Gasteiger partial charge in [0, 0.05) is 5.56 Å². The molecule has 24 heavy (non-hydrogen) atoms. The minimum absolute atomic E-state index is 0. The van der Waals surface area contributed by atoms with Crippen molar-refractivity contribution in [1.82, 2.24) is 9.97 Å². The normalized spacial score (nSPS) is 9.83. The minimum Gasteiger partial charge on any atom is -0.545 e. The molecule has 2 aromatic rings. The van der Waals surface area contributed by atoms with Crippen molar-refractivity contribution in [2.45, 2.75) is 0 Å². The molecule has 0 unspecified atom stereocenters. The average molecular weight is 379 g/mol. The van der Waals surface area contributed by atoms with E-state index < -0.39 is 17.3 Å². The number of nitrogens with zero attached hydrogens (tertiary/aromatic N) is 2. The van der Waals surface area contributed by atoms with Crippen LogP contribution < -0.4 is 44.1 Å². The van der Waals surface area contributed by atoms with Gasteiger partial charge in [-0.1, -0.05) is 23.2 Å². The summed E-state index contributed by atoms with van der Waals surface area (Å²) in [6.07, 6.45) is 0. The maximum absolute atomic E-state index is 12.6. The van der Waals surface area contributed by atoms with E-state index in [9.17, 15) is 14.7 Å². The summed E-state index contributed by atoms with van der Waals surface area (Å²) in [5.74, 6) is -2.72. The number of aromatic nitrogens is 2. The van der Waals surface area contributed by atoms with E-state index in [1.807, 2.05) is 0 Å². The first-order valence-electron chi connectivity index (χ1n) is 6.10. The molecule has 0 bridgehead atoms. The van der Waals surface area contributed by atoms with E-state index >= 15 is 0 Å². The summed E-state index contributed by atoms with van der Waals surface area (Å²) < 4.78 is 9.89. The van der Waals surface area contributed by atoms with Gasteiger partial charge in [-0.15, -0.1) is 0 Å². The van der Waals surface area contributed by atoms with Gasteiger partial charge in [0.05, 0.1) is 41.9 Å². The predicted octanol–water partition coefficient (Wildman–Crippen LogP) is -1.60. The third-order valence-corrected chi connectivity index (χ3v) is 3.47. The van der Waals surface area contributed by atoms with E-state index in [0.29, 0.717) is 0 Å². The summed E-state index contributed by atoms with van der Waals surface area (Å²) in [6, 6.07) is 3.90. The number of benzene rings is 1. The van der Waals surface area contributed by atoms with Gasteiger partial charge in [0.25, 0.3) is 0 Å². The molecule has 0 radical (unpaired) electrons. The summed E-state index contributed by atoms with van der Waals surface area (Å²) in [7, 11) is 2.68. The van der Waals surface area contributed by atoms with E-state index in [2.05, 4.69) is 9.97 Å². The Bertz CT molecular complexity index is 779. The Kier molecular flexibility index (Phi) is 7.44. The van der Waals surface area contributed by atoms with Gasteiger partial charge in [-0.3, -0.25) is 4.79 Å². The fraction of sp³-hybridized carbons (Fsp3) is 0.143. The number of ether oxygens (including phenoxy) is 2. The molecule has 0 aliphatic carbocycles. The molecule has 0 N–H and O–H groups in total. The Morgan fingerprint density at radius 3 is 1.88 bits per heavy atom. The average Bonchev–Trinajstić information content (AvgIpc) is 2.55. The number of hydrogen-bond donors (Lipinski definition) is 0. The van der Waals surface area contributed by atoms with Gasteiger partial charge in [0.15, 0.2) is 0 Å². The van der Waals surface area contributed by atoms with Crippen molar-refractivity contribution in [3.63, 3.8) is 0 Å². The molecule has 7 nitrogen and oxygen atoms in total. The number of aromatic carboxylic acids is 1. The Labute approximate surface area is 169 Å². The van der Waals surface area contributed by atoms with Crippen LogP contribution in [-0.4, -0.2) is 35.9 Å². The molecule has 2 rings (SSSR count). The fourth-order valence-electron chi connectivity index (χ4n) is 1.80. The van der Waals surface area contributed by atoms with Crippen LogP contribution in [-0.2, 0) is 0 Å². The first-order chi connectivity index (χ1) is 10.9. The van der Waals surface area contributed by atoms with Crippen LogP contribution >= 0.6 is 23.2 Å². The van der Waals surface area contributed by atoms with Gasteiger partial charge in [0.2, 0.25) is 23.4 Å². The van der Waals surface area contributed by atoms with Crippen LogP contribution in [0.25, 0.3) is 0 Å². The SMILES string of the molecule is COc1cc(OC)nc(C(=O)c2c(Cl)ccc(Cl)c2C(=O)[O-])n1.[Na+]. The van der Waals surface area contributed by atoms with Gasteiger partial charge in [0.1, 0.15) is 0 Å². The molecule has 120 valence electrons. The molecule has 0 fully saturated rings. The van der Waals surface area contributed by atoms with Crippen LogP contribution in [0.5, 0.6) is 11.8 Å². The van der Waals surface area contributed by atoms with Gasteiger partial charge in [-0.2, -0.15) is 9.97 Å². The number of carboxylic acid groups (broad SMARTS) is 1. The van der Waals surface area contributed by atoms with E-state index in [1.54, 1.807) is 0 Å². The zero-order valence-electron chi connectivity index (χ0n) is 12.9. The van der Waals surface area contributed by atoms with Crippen molar-refractivity contribution in [3.05, 3.63) is 45.2 Å². The summed E-state index contributed by atoms with van der Waals surface area (Å²) in [5, 5.41) is 11.0. The zero-order valence-corrected chi connectivity index (χ0v) is 16.4. The molecule has 10 heteroatoms. The summed E-state index contributed by atoms with van der Waals surface area (Å²) in [6.45, 7) is 0. The number of carboxylic acids is 1. The number of halogens is 2. The monoisotopic (exact) mass is 378 g/mol. The number of hydrogen-bond acceptors (Lipinski definition) is 7. The summed E-state index contributed by atoms with van der Waals surface area (Å²) in [5.41, 5.74) is -0.899. The van der Waals surface area contributed by atoms with E-state index in [4.69, 9.17) is 32.7 Å². The Morgan fingerprint density at radius 1 is 1.00 bits per heavy atom. The maximum Gasteiger partial charge on any atom is 1.00 e. The molecular formula is C14H9Cl2N2NaO5. The molecule has 1 aromatic carbocycles. The number of methoxy groups -OCH3 is 2. The van der Waals surface area contributed by atoms with Crippen LogP contribution in [0.2, 0.25) is 10.0 Å². The summed E-state index contributed by atoms with van der Waals surface area (Å²) >= 11 is 11.8. The maximum atomic E-state index is 12.6. The second-order valence-electron chi connectivity index (χ2n) is 4.17. The van der Waals surface area contributed by atoms with E-state index in [0.717, 1.165) is 0 Å². The topological polar surface area (TPSA) is 101 Å². The molecule has 1 aromatic heterocycles. The third kappa shape index (κ3) is 4.17. The minimum atomic E-state index is -1.64. The predicted molar refractivity (Wildman–Crippen MR) is 79.4 cm³/mol. The first-order valence-corrected chi connectivity index (χ1v) is 6.85. The van der Waals surface area contributed by atoms with Crippen LogP contribution in [0.3, 0.4) is 0 Å². The van der Waals surface area contributed by atoms with Gasteiger partial charge in [-0.05, 0) is 12.1 Å². The third-order valence-electron chi connectivity index (χ3n) is 2.84. The molecule has 0 amide bonds. The quantitative estimate of drug-likeness (QED) is 0.456. The smallest absolute Gasteiger partial charge is 0.545 e. The number of carbonyl (C=O) groups excluding carboxylic acids is 2. The van der Waals surface area contributed by atoms with Crippen LogP contribution in [0.4, 0.5) is 0 Å². The van der Waals surface area contributed by atoms with Crippen molar-refractivity contribution in [3.8, 4) is 11.8 Å². The van der Waals surface area contributed by atoms with Crippen molar-refractivity contribution in [2.75, 3.05) is 14.2 Å². The van der Waals surface area contributed by atoms with Gasteiger partial charge >= 0.3 is 29.6 Å². The zero-order chi connectivity index (χ0) is 17.1. The number of rotatable bonds is 5. The molecule has 1 heterocycles. The molecule has 0 aliphatic rings. The second-order valence-corrected chi connectivity index (χ2v) is 4.99. The van der Waals surface area contributed by atoms with Crippen molar-refractivity contribution >= 4 is 35.0 Å². The molecule has 0 aliphatic heterocycles. The largest absolute Gasteiger partial charge is 1.00 e. The standard InChI is InChI=1S/C14H10Cl2N2O5.Na/c1-22-8-5-9(23-2)18-13(17-8)12(19)10-6(15)3-4-7(16)11(10)14(20)21;/h3-5H,1-2H3,(H,20,21);/q;+1/p-1. The van der Waals surface area contributed by atoms with Gasteiger partial charge < -0.3 is 19.4 Å². The van der Waals surface area contributed by atoms with E-state index in [1.165, 1.54) is 32.4 Å². The number of ketones is 1. The summed E-state index contributed by atoms with van der Waals surface area (Å²) in [4.78, 5) is 31.6. The molecule has 0 spiro atoms. The molecule has 0 saturated carbocycles. The van der Waals surface area contributed by atoms with E-state index in [-0.39, 0.29) is 62.8 Å². The Balaban J connectivity index is 0.00000288. The molecular weight excluding hydrogens is 370 g/mol. The molecule has 0 saturated heterocycles.